The average molecular weight is 303 g/mol. The summed E-state index contributed by atoms with van der Waals surface area (Å²) < 4.78 is 39.8. The van der Waals surface area contributed by atoms with E-state index in [0.29, 0.717) is 18.4 Å². The first kappa shape index (κ1) is 16.6. The predicted octanol–water partition coefficient (Wildman–Crippen LogP) is 2.06. The molecule has 2 N–H and O–H groups in total. The highest BCUT2D eigenvalue weighted by atomic mass is 32.2. The van der Waals surface area contributed by atoms with Gasteiger partial charge in [0.05, 0.1) is 4.90 Å². The first-order chi connectivity index (χ1) is 9.22. The van der Waals surface area contributed by atoms with Gasteiger partial charge in [0, 0.05) is 12.5 Å². The lowest BCUT2D eigenvalue weighted by Gasteiger charge is -2.14. The van der Waals surface area contributed by atoms with Gasteiger partial charge in [-0.25, -0.2) is 17.5 Å². The number of hydrogen-bond acceptors (Lipinski definition) is 3. The summed E-state index contributed by atoms with van der Waals surface area (Å²) >= 11 is 0. The second-order valence-electron chi connectivity index (χ2n) is 4.72. The predicted molar refractivity (Wildman–Crippen MR) is 72.4 cm³/mol. The maximum atomic E-state index is 13.4. The number of nitrogens with one attached hydrogen (secondary N) is 1. The number of aliphatic carboxylic acids is 1. The summed E-state index contributed by atoms with van der Waals surface area (Å²) in [6.07, 6.45) is 0.770. The van der Waals surface area contributed by atoms with Gasteiger partial charge in [0.15, 0.2) is 0 Å². The molecule has 0 saturated heterocycles. The molecule has 0 bridgehead atoms. The Morgan fingerprint density at radius 2 is 2.10 bits per heavy atom. The summed E-state index contributed by atoms with van der Waals surface area (Å²) in [5.41, 5.74) is 0.374. The van der Waals surface area contributed by atoms with Gasteiger partial charge in [0.1, 0.15) is 5.82 Å². The van der Waals surface area contributed by atoms with E-state index in [9.17, 15) is 17.6 Å². The van der Waals surface area contributed by atoms with Crippen molar-refractivity contribution in [1.29, 1.82) is 0 Å². The highest BCUT2D eigenvalue weighted by Crippen LogP contribution is 2.15. The van der Waals surface area contributed by atoms with Crippen LogP contribution in [0, 0.1) is 12.7 Å². The van der Waals surface area contributed by atoms with Crippen LogP contribution in [0.2, 0.25) is 0 Å². The molecule has 1 rings (SSSR count). The molecule has 7 heteroatoms. The van der Waals surface area contributed by atoms with Gasteiger partial charge in [-0.1, -0.05) is 6.07 Å². The fraction of sp³-hybridized carbons (Fsp3) is 0.462. The van der Waals surface area contributed by atoms with E-state index in [4.69, 9.17) is 5.11 Å². The molecule has 0 aliphatic heterocycles. The fourth-order valence-corrected chi connectivity index (χ4v) is 2.98. The quantitative estimate of drug-likeness (QED) is 0.807. The monoisotopic (exact) mass is 303 g/mol. The average Bonchev–Trinajstić information content (AvgIpc) is 2.31. The van der Waals surface area contributed by atoms with Gasteiger partial charge in [-0.2, -0.15) is 0 Å². The molecule has 20 heavy (non-hydrogen) atoms. The molecule has 1 atom stereocenters. The van der Waals surface area contributed by atoms with Crippen molar-refractivity contribution in [1.82, 2.24) is 4.72 Å². The van der Waals surface area contributed by atoms with Gasteiger partial charge >= 0.3 is 5.97 Å². The van der Waals surface area contributed by atoms with E-state index < -0.39 is 27.9 Å². The minimum absolute atomic E-state index is 0.00870. The van der Waals surface area contributed by atoms with Gasteiger partial charge in [-0.15, -0.1) is 0 Å². The van der Waals surface area contributed by atoms with Crippen LogP contribution in [0.4, 0.5) is 4.39 Å². The van der Waals surface area contributed by atoms with E-state index in [1.807, 2.05) is 0 Å². The first-order valence-electron chi connectivity index (χ1n) is 6.22. The Kier molecular flexibility index (Phi) is 5.64. The standard InChI is InChI=1S/C13H18FNO4S/c1-9-6-7-11(8-12(9)14)20(18,19)15-10(2)4-3-5-13(16)17/h6-8,10,15H,3-5H2,1-2H3,(H,16,17). The molecule has 0 heterocycles. The molecule has 0 amide bonds. The molecule has 0 fully saturated rings. The zero-order valence-electron chi connectivity index (χ0n) is 11.4. The van der Waals surface area contributed by atoms with Crippen molar-refractivity contribution < 1.29 is 22.7 Å². The lowest BCUT2D eigenvalue weighted by atomic mass is 10.1. The molecule has 1 aromatic carbocycles. The summed E-state index contributed by atoms with van der Waals surface area (Å²) in [7, 11) is -3.79. The van der Waals surface area contributed by atoms with Crippen molar-refractivity contribution in [3.8, 4) is 0 Å². The largest absolute Gasteiger partial charge is 0.481 e. The zero-order chi connectivity index (χ0) is 15.3. The van der Waals surface area contributed by atoms with Crippen molar-refractivity contribution in [2.24, 2.45) is 0 Å². The van der Waals surface area contributed by atoms with Crippen LogP contribution < -0.4 is 4.72 Å². The molecule has 112 valence electrons. The molecular weight excluding hydrogens is 285 g/mol. The second-order valence-corrected chi connectivity index (χ2v) is 6.43. The molecule has 0 aromatic heterocycles. The van der Waals surface area contributed by atoms with Crippen LogP contribution in [0.5, 0.6) is 0 Å². The Hall–Kier alpha value is -1.47. The lowest BCUT2D eigenvalue weighted by molar-refractivity contribution is -0.137. The van der Waals surface area contributed by atoms with E-state index in [-0.39, 0.29) is 11.3 Å². The van der Waals surface area contributed by atoms with Crippen LogP contribution in [0.3, 0.4) is 0 Å². The van der Waals surface area contributed by atoms with E-state index in [1.54, 1.807) is 13.8 Å². The normalized spacial score (nSPS) is 13.2. The fourth-order valence-electron chi connectivity index (χ4n) is 1.69. The maximum Gasteiger partial charge on any atom is 0.303 e. The minimum Gasteiger partial charge on any atom is -0.481 e. The second kappa shape index (κ2) is 6.81. The number of rotatable bonds is 7. The molecular formula is C13H18FNO4S. The van der Waals surface area contributed by atoms with E-state index >= 15 is 0 Å². The summed E-state index contributed by atoms with van der Waals surface area (Å²) in [6.45, 7) is 3.19. The number of halogens is 1. The highest BCUT2D eigenvalue weighted by Gasteiger charge is 2.18. The van der Waals surface area contributed by atoms with Crippen molar-refractivity contribution in [2.45, 2.75) is 44.0 Å². The van der Waals surface area contributed by atoms with Crippen LogP contribution in [0.1, 0.15) is 31.7 Å². The number of carboxylic acid groups (broad SMARTS) is 1. The van der Waals surface area contributed by atoms with Crippen LogP contribution in [-0.4, -0.2) is 25.5 Å². The highest BCUT2D eigenvalue weighted by molar-refractivity contribution is 7.89. The Bertz CT molecular complexity index is 586. The Labute approximate surface area is 117 Å². The lowest BCUT2D eigenvalue weighted by Crippen LogP contribution is -2.32. The van der Waals surface area contributed by atoms with Crippen LogP contribution in [-0.2, 0) is 14.8 Å². The molecule has 0 saturated carbocycles. The third-order valence-electron chi connectivity index (χ3n) is 2.84. The van der Waals surface area contributed by atoms with Crippen molar-refractivity contribution in [2.75, 3.05) is 0 Å². The Morgan fingerprint density at radius 1 is 1.45 bits per heavy atom. The number of hydrogen-bond donors (Lipinski definition) is 2. The molecule has 1 unspecified atom stereocenters. The molecule has 1 aromatic rings. The maximum absolute atomic E-state index is 13.4. The molecule has 5 nitrogen and oxygen atoms in total. The van der Waals surface area contributed by atoms with Crippen LogP contribution in [0.25, 0.3) is 0 Å². The first-order valence-corrected chi connectivity index (χ1v) is 7.71. The molecule has 0 radical (unpaired) electrons. The minimum atomic E-state index is -3.79. The van der Waals surface area contributed by atoms with Gasteiger partial charge in [0.2, 0.25) is 10.0 Å². The summed E-state index contributed by atoms with van der Waals surface area (Å²) in [4.78, 5) is 10.2. The van der Waals surface area contributed by atoms with Gasteiger partial charge in [0.25, 0.3) is 0 Å². The summed E-state index contributed by atoms with van der Waals surface area (Å²) in [5, 5.41) is 8.51. The molecule has 0 spiro atoms. The van der Waals surface area contributed by atoms with Crippen LogP contribution in [0.15, 0.2) is 23.1 Å². The third kappa shape index (κ3) is 4.90. The van der Waals surface area contributed by atoms with Crippen LogP contribution >= 0.6 is 0 Å². The van der Waals surface area contributed by atoms with Crippen molar-refractivity contribution in [3.63, 3.8) is 0 Å². The third-order valence-corrected chi connectivity index (χ3v) is 4.42. The van der Waals surface area contributed by atoms with Crippen molar-refractivity contribution >= 4 is 16.0 Å². The van der Waals surface area contributed by atoms with Gasteiger partial charge in [-0.3, -0.25) is 4.79 Å². The summed E-state index contributed by atoms with van der Waals surface area (Å²) in [6, 6.07) is 3.30. The van der Waals surface area contributed by atoms with E-state index in [2.05, 4.69) is 4.72 Å². The number of sulfonamides is 1. The zero-order valence-corrected chi connectivity index (χ0v) is 12.2. The van der Waals surface area contributed by atoms with Gasteiger partial charge in [-0.05, 0) is 44.4 Å². The molecule has 0 aliphatic carbocycles. The van der Waals surface area contributed by atoms with E-state index in [0.717, 1.165) is 6.07 Å². The Balaban J connectivity index is 2.69. The summed E-state index contributed by atoms with van der Waals surface area (Å²) in [5.74, 6) is -1.49. The number of carboxylic acids is 1. The molecule has 0 aliphatic rings. The number of aryl methyl sites for hydroxylation is 1. The van der Waals surface area contributed by atoms with Crippen molar-refractivity contribution in [3.05, 3.63) is 29.6 Å². The smallest absolute Gasteiger partial charge is 0.303 e. The SMILES string of the molecule is Cc1ccc(S(=O)(=O)NC(C)CCCC(=O)O)cc1F. The number of carbonyl (C=O) groups is 1. The van der Waals surface area contributed by atoms with E-state index in [1.165, 1.54) is 12.1 Å². The van der Waals surface area contributed by atoms with Gasteiger partial charge < -0.3 is 5.11 Å². The topological polar surface area (TPSA) is 83.5 Å². The number of benzene rings is 1. The Morgan fingerprint density at radius 3 is 2.65 bits per heavy atom.